The van der Waals surface area contributed by atoms with Crippen molar-refractivity contribution in [1.29, 1.82) is 0 Å². The molecule has 2 aromatic heterocycles. The minimum absolute atomic E-state index is 0.609. The second kappa shape index (κ2) is 6.71. The number of rotatable bonds is 5. The third-order valence-corrected chi connectivity index (χ3v) is 3.85. The van der Waals surface area contributed by atoms with E-state index >= 15 is 0 Å². The van der Waals surface area contributed by atoms with Crippen molar-refractivity contribution in [2.75, 3.05) is 12.4 Å². The third-order valence-electron chi connectivity index (χ3n) is 3.60. The number of aryl methyl sites for hydroxylation is 1. The molecule has 3 rings (SSSR count). The number of H-pyrrole nitrogens is 1. The Labute approximate surface area is 139 Å². The lowest BCUT2D eigenvalue weighted by atomic mass is 10.1. The smallest absolute Gasteiger partial charge is 0.213 e. The zero-order chi connectivity index (χ0) is 16.2. The lowest BCUT2D eigenvalue weighted by Crippen LogP contribution is -2.02. The molecule has 0 saturated carbocycles. The van der Waals surface area contributed by atoms with E-state index in [0.717, 1.165) is 28.1 Å². The molecule has 0 bridgehead atoms. The molecule has 5 nitrogen and oxygen atoms in total. The molecule has 118 valence electrons. The van der Waals surface area contributed by atoms with Crippen LogP contribution in [-0.4, -0.2) is 22.3 Å². The summed E-state index contributed by atoms with van der Waals surface area (Å²) < 4.78 is 5.12. The van der Waals surface area contributed by atoms with E-state index in [9.17, 15) is 0 Å². The number of nitrogens with zero attached hydrogens (tertiary/aromatic N) is 2. The van der Waals surface area contributed by atoms with Crippen LogP contribution in [0.1, 0.15) is 11.1 Å². The van der Waals surface area contributed by atoms with Gasteiger partial charge in [-0.2, -0.15) is 5.10 Å². The van der Waals surface area contributed by atoms with Crippen LogP contribution in [0.25, 0.3) is 11.3 Å². The Morgan fingerprint density at radius 1 is 1.26 bits per heavy atom. The normalized spacial score (nSPS) is 10.6. The summed E-state index contributed by atoms with van der Waals surface area (Å²) in [6.07, 6.45) is 3.67. The second-order valence-corrected chi connectivity index (χ2v) is 5.60. The molecule has 1 aromatic carbocycles. The summed E-state index contributed by atoms with van der Waals surface area (Å²) in [5.74, 6) is 0.609. The van der Waals surface area contributed by atoms with Gasteiger partial charge in [0, 0.05) is 35.0 Å². The van der Waals surface area contributed by atoms with Gasteiger partial charge in [-0.3, -0.25) is 5.10 Å². The quantitative estimate of drug-likeness (QED) is 0.741. The minimum atomic E-state index is 0.609. The van der Waals surface area contributed by atoms with Crippen LogP contribution in [-0.2, 0) is 6.54 Å². The van der Waals surface area contributed by atoms with Crippen LogP contribution in [0, 0.1) is 6.92 Å². The number of benzene rings is 1. The fourth-order valence-electron chi connectivity index (χ4n) is 2.32. The summed E-state index contributed by atoms with van der Waals surface area (Å²) in [7, 11) is 1.61. The Bertz CT molecular complexity index is 799. The van der Waals surface area contributed by atoms with Gasteiger partial charge in [-0.05, 0) is 24.6 Å². The maximum absolute atomic E-state index is 5.94. The Morgan fingerprint density at radius 2 is 2.04 bits per heavy atom. The highest BCUT2D eigenvalue weighted by Crippen LogP contribution is 2.24. The zero-order valence-electron chi connectivity index (χ0n) is 12.9. The number of nitrogens with one attached hydrogen (secondary N) is 2. The predicted molar refractivity (Wildman–Crippen MR) is 91.9 cm³/mol. The van der Waals surface area contributed by atoms with Crippen molar-refractivity contribution in [3.8, 4) is 17.1 Å². The number of aromatic amines is 1. The topological polar surface area (TPSA) is 62.8 Å². The highest BCUT2D eigenvalue weighted by molar-refractivity contribution is 6.30. The van der Waals surface area contributed by atoms with Crippen LogP contribution in [0.4, 0.5) is 5.69 Å². The Hall–Kier alpha value is -2.53. The van der Waals surface area contributed by atoms with Crippen molar-refractivity contribution >= 4 is 17.3 Å². The number of pyridine rings is 1. The first-order valence-corrected chi connectivity index (χ1v) is 7.58. The van der Waals surface area contributed by atoms with Gasteiger partial charge in [0.05, 0.1) is 24.7 Å². The molecule has 23 heavy (non-hydrogen) atoms. The molecule has 2 heterocycles. The fraction of sp³-hybridized carbons (Fsp3) is 0.176. The van der Waals surface area contributed by atoms with E-state index in [2.05, 4.69) is 20.5 Å². The highest BCUT2D eigenvalue weighted by atomic mass is 35.5. The SMILES string of the molecule is COc1cc(C)c(NCc2c[nH]nc2-c2ccc(Cl)cc2)cn1. The monoisotopic (exact) mass is 328 g/mol. The maximum Gasteiger partial charge on any atom is 0.213 e. The van der Waals surface area contributed by atoms with Crippen LogP contribution in [0.15, 0.2) is 42.7 Å². The molecular formula is C17H17ClN4O. The predicted octanol–water partition coefficient (Wildman–Crippen LogP) is 4.05. The van der Waals surface area contributed by atoms with Gasteiger partial charge < -0.3 is 10.1 Å². The summed E-state index contributed by atoms with van der Waals surface area (Å²) in [5.41, 5.74) is 5.05. The molecule has 3 aromatic rings. The van der Waals surface area contributed by atoms with Gasteiger partial charge in [-0.1, -0.05) is 23.7 Å². The van der Waals surface area contributed by atoms with Crippen molar-refractivity contribution in [2.45, 2.75) is 13.5 Å². The van der Waals surface area contributed by atoms with E-state index in [-0.39, 0.29) is 0 Å². The summed E-state index contributed by atoms with van der Waals surface area (Å²) in [6.45, 7) is 2.66. The van der Waals surface area contributed by atoms with Crippen molar-refractivity contribution < 1.29 is 4.74 Å². The van der Waals surface area contributed by atoms with E-state index in [4.69, 9.17) is 16.3 Å². The van der Waals surface area contributed by atoms with Gasteiger partial charge in [0.25, 0.3) is 0 Å². The van der Waals surface area contributed by atoms with Crippen LogP contribution < -0.4 is 10.1 Å². The lowest BCUT2D eigenvalue weighted by Gasteiger charge is -2.10. The van der Waals surface area contributed by atoms with E-state index in [1.54, 1.807) is 13.3 Å². The Balaban J connectivity index is 1.77. The first kappa shape index (κ1) is 15.4. The van der Waals surface area contributed by atoms with Crippen LogP contribution in [0.3, 0.4) is 0 Å². The summed E-state index contributed by atoms with van der Waals surface area (Å²) >= 11 is 5.94. The molecule has 0 spiro atoms. The number of aromatic nitrogens is 3. The summed E-state index contributed by atoms with van der Waals surface area (Å²) in [6, 6.07) is 9.54. The summed E-state index contributed by atoms with van der Waals surface area (Å²) in [5, 5.41) is 11.4. The first-order chi connectivity index (χ1) is 11.2. The largest absolute Gasteiger partial charge is 0.481 e. The molecule has 0 atom stereocenters. The molecule has 0 aliphatic heterocycles. The Kier molecular flexibility index (Phi) is 4.48. The molecule has 0 saturated heterocycles. The van der Waals surface area contributed by atoms with Gasteiger partial charge in [0.15, 0.2) is 0 Å². The van der Waals surface area contributed by atoms with Crippen LogP contribution >= 0.6 is 11.6 Å². The van der Waals surface area contributed by atoms with Crippen LogP contribution in [0.5, 0.6) is 5.88 Å². The number of methoxy groups -OCH3 is 1. The first-order valence-electron chi connectivity index (χ1n) is 7.20. The molecular weight excluding hydrogens is 312 g/mol. The number of hydrogen-bond donors (Lipinski definition) is 2. The van der Waals surface area contributed by atoms with Crippen LogP contribution in [0.2, 0.25) is 5.02 Å². The van der Waals surface area contributed by atoms with Crippen molar-refractivity contribution in [3.63, 3.8) is 0 Å². The molecule has 0 fully saturated rings. The van der Waals surface area contributed by atoms with Crippen molar-refractivity contribution in [1.82, 2.24) is 15.2 Å². The molecule has 6 heteroatoms. The number of hydrogen-bond acceptors (Lipinski definition) is 4. The fourth-order valence-corrected chi connectivity index (χ4v) is 2.45. The molecule has 0 aliphatic rings. The Morgan fingerprint density at radius 3 is 2.74 bits per heavy atom. The average molecular weight is 329 g/mol. The van der Waals surface area contributed by atoms with Gasteiger partial charge in [0.1, 0.15) is 0 Å². The lowest BCUT2D eigenvalue weighted by molar-refractivity contribution is 0.397. The second-order valence-electron chi connectivity index (χ2n) is 5.16. The van der Waals surface area contributed by atoms with Crippen molar-refractivity contribution in [2.24, 2.45) is 0 Å². The van der Waals surface area contributed by atoms with E-state index in [1.807, 2.05) is 43.5 Å². The molecule has 0 amide bonds. The molecule has 2 N–H and O–H groups in total. The van der Waals surface area contributed by atoms with Gasteiger partial charge in [-0.25, -0.2) is 4.98 Å². The van der Waals surface area contributed by atoms with E-state index in [0.29, 0.717) is 17.4 Å². The minimum Gasteiger partial charge on any atom is -0.481 e. The highest BCUT2D eigenvalue weighted by Gasteiger charge is 2.09. The van der Waals surface area contributed by atoms with Gasteiger partial charge in [-0.15, -0.1) is 0 Å². The molecule has 0 radical (unpaired) electrons. The van der Waals surface area contributed by atoms with Gasteiger partial charge in [0.2, 0.25) is 5.88 Å². The zero-order valence-corrected chi connectivity index (χ0v) is 13.7. The number of anilines is 1. The number of ether oxygens (including phenoxy) is 1. The van der Waals surface area contributed by atoms with Crippen molar-refractivity contribution in [3.05, 3.63) is 58.9 Å². The van der Waals surface area contributed by atoms with E-state index in [1.165, 1.54) is 0 Å². The standard InChI is InChI=1S/C17H17ClN4O/c1-11-7-16(23-2)20-10-15(11)19-8-13-9-21-22-17(13)12-3-5-14(18)6-4-12/h3-7,9-10,19H,8H2,1-2H3,(H,21,22). The average Bonchev–Trinajstić information content (AvgIpc) is 3.03. The van der Waals surface area contributed by atoms with Gasteiger partial charge >= 0.3 is 0 Å². The summed E-state index contributed by atoms with van der Waals surface area (Å²) in [4.78, 5) is 4.23. The molecule has 0 unspecified atom stereocenters. The maximum atomic E-state index is 5.94. The molecule has 0 aliphatic carbocycles. The third kappa shape index (κ3) is 3.46. The van der Waals surface area contributed by atoms with E-state index < -0.39 is 0 Å². The number of halogens is 1.